The van der Waals surface area contributed by atoms with Gasteiger partial charge in [0.1, 0.15) is 11.5 Å². The van der Waals surface area contributed by atoms with Gasteiger partial charge in [0.2, 0.25) is 6.79 Å². The van der Waals surface area contributed by atoms with Gasteiger partial charge in [0.05, 0.1) is 6.54 Å². The quantitative estimate of drug-likeness (QED) is 0.471. The number of aromatic nitrogens is 1. The molecule has 1 aromatic heterocycles. The molecule has 0 saturated carbocycles. The van der Waals surface area contributed by atoms with Crippen molar-refractivity contribution in [2.45, 2.75) is 6.54 Å². The van der Waals surface area contributed by atoms with Crippen molar-refractivity contribution >= 4 is 0 Å². The molecular formula is C11H8N4O3. The average molecular weight is 244 g/mol. The summed E-state index contributed by atoms with van der Waals surface area (Å²) in [5, 5.41) is 7.32. The van der Waals surface area contributed by atoms with Crippen LogP contribution in [0, 0.1) is 0 Å². The number of nitrogens with zero attached hydrogens (tertiary/aromatic N) is 4. The minimum absolute atomic E-state index is 0.147. The number of hydrogen-bond acceptors (Lipinski definition) is 5. The van der Waals surface area contributed by atoms with E-state index in [2.05, 4.69) is 15.2 Å². The summed E-state index contributed by atoms with van der Waals surface area (Å²) in [4.78, 5) is 2.66. The molecule has 0 N–H and O–H groups in total. The smallest absolute Gasteiger partial charge is 0.231 e. The summed E-state index contributed by atoms with van der Waals surface area (Å²) >= 11 is 0. The summed E-state index contributed by atoms with van der Waals surface area (Å²) < 4.78 is 15.6. The van der Waals surface area contributed by atoms with E-state index >= 15 is 0 Å². The standard InChI is InChI=1S/C11H8N4O3/c12-15-13-5-8-4-9(14-18-8)7-1-2-10-11(3-7)17-6-16-10/h1-4H,5-6H2. The highest BCUT2D eigenvalue weighted by molar-refractivity contribution is 5.64. The Morgan fingerprint density at radius 3 is 3.06 bits per heavy atom. The molecular weight excluding hydrogens is 236 g/mol. The molecule has 90 valence electrons. The molecule has 2 aromatic rings. The topological polar surface area (TPSA) is 93.3 Å². The number of fused-ring (bicyclic) bond motifs is 1. The SMILES string of the molecule is [N-]=[N+]=NCc1cc(-c2ccc3c(c2)OCO3)no1. The number of benzene rings is 1. The Bertz CT molecular complexity index is 631. The van der Waals surface area contributed by atoms with E-state index in [-0.39, 0.29) is 13.3 Å². The summed E-state index contributed by atoms with van der Waals surface area (Å²) in [5.74, 6) is 1.92. The van der Waals surface area contributed by atoms with Crippen LogP contribution in [0.15, 0.2) is 33.9 Å². The molecule has 0 fully saturated rings. The van der Waals surface area contributed by atoms with Crippen molar-refractivity contribution in [1.29, 1.82) is 0 Å². The lowest BCUT2D eigenvalue weighted by Crippen LogP contribution is -1.92. The monoisotopic (exact) mass is 244 g/mol. The first-order valence-corrected chi connectivity index (χ1v) is 5.23. The van der Waals surface area contributed by atoms with Crippen molar-refractivity contribution in [1.82, 2.24) is 5.16 Å². The van der Waals surface area contributed by atoms with Gasteiger partial charge in [-0.25, -0.2) is 0 Å². The number of azide groups is 1. The van der Waals surface area contributed by atoms with E-state index in [9.17, 15) is 0 Å². The highest BCUT2D eigenvalue weighted by atomic mass is 16.7. The summed E-state index contributed by atoms with van der Waals surface area (Å²) in [6, 6.07) is 7.24. The van der Waals surface area contributed by atoms with Crippen LogP contribution in [0.2, 0.25) is 0 Å². The molecule has 1 aliphatic rings. The van der Waals surface area contributed by atoms with Crippen molar-refractivity contribution in [3.63, 3.8) is 0 Å². The van der Waals surface area contributed by atoms with E-state index < -0.39 is 0 Å². The molecule has 2 heterocycles. The predicted molar refractivity (Wildman–Crippen MR) is 60.9 cm³/mol. The Kier molecular flexibility index (Phi) is 2.51. The Labute approximate surface area is 102 Å². The van der Waals surface area contributed by atoms with E-state index in [1.54, 1.807) is 6.07 Å². The second kappa shape index (κ2) is 4.31. The largest absolute Gasteiger partial charge is 0.454 e. The maximum atomic E-state index is 8.22. The molecule has 0 aliphatic carbocycles. The molecule has 0 radical (unpaired) electrons. The van der Waals surface area contributed by atoms with Gasteiger partial charge in [0.25, 0.3) is 0 Å². The molecule has 0 unspecified atom stereocenters. The van der Waals surface area contributed by atoms with Crippen LogP contribution in [0.4, 0.5) is 0 Å². The van der Waals surface area contributed by atoms with Crippen LogP contribution in [-0.4, -0.2) is 11.9 Å². The third-order valence-corrected chi connectivity index (χ3v) is 2.52. The van der Waals surface area contributed by atoms with Gasteiger partial charge in [-0.3, -0.25) is 0 Å². The summed E-state index contributed by atoms with van der Waals surface area (Å²) in [7, 11) is 0. The van der Waals surface area contributed by atoms with E-state index in [1.165, 1.54) is 0 Å². The van der Waals surface area contributed by atoms with E-state index in [1.807, 2.05) is 18.2 Å². The molecule has 1 aliphatic heterocycles. The van der Waals surface area contributed by atoms with Crippen LogP contribution < -0.4 is 9.47 Å². The average Bonchev–Trinajstić information content (AvgIpc) is 3.04. The van der Waals surface area contributed by atoms with Crippen LogP contribution in [0.3, 0.4) is 0 Å². The number of ether oxygens (including phenoxy) is 2. The lowest BCUT2D eigenvalue weighted by Gasteiger charge is -1.98. The summed E-state index contributed by atoms with van der Waals surface area (Å²) in [5.41, 5.74) is 9.74. The highest BCUT2D eigenvalue weighted by Crippen LogP contribution is 2.35. The van der Waals surface area contributed by atoms with Crippen LogP contribution in [0.5, 0.6) is 11.5 Å². The minimum Gasteiger partial charge on any atom is -0.454 e. The molecule has 1 aromatic carbocycles. The number of hydrogen-bond donors (Lipinski definition) is 0. The molecule has 0 atom stereocenters. The van der Waals surface area contributed by atoms with E-state index in [0.717, 1.165) is 11.3 Å². The molecule has 18 heavy (non-hydrogen) atoms. The molecule has 7 nitrogen and oxygen atoms in total. The zero-order valence-electron chi connectivity index (χ0n) is 9.24. The van der Waals surface area contributed by atoms with Crippen molar-refractivity contribution in [3.8, 4) is 22.8 Å². The maximum Gasteiger partial charge on any atom is 0.231 e. The molecule has 0 saturated heterocycles. The van der Waals surface area contributed by atoms with Crippen molar-refractivity contribution < 1.29 is 14.0 Å². The molecule has 0 amide bonds. The molecule has 0 spiro atoms. The van der Waals surface area contributed by atoms with Crippen molar-refractivity contribution in [2.75, 3.05) is 6.79 Å². The van der Waals surface area contributed by atoms with Crippen LogP contribution >= 0.6 is 0 Å². The van der Waals surface area contributed by atoms with Gasteiger partial charge in [-0.15, -0.1) is 0 Å². The normalized spacial score (nSPS) is 12.2. The molecule has 3 rings (SSSR count). The Hall–Kier alpha value is -2.66. The zero-order valence-corrected chi connectivity index (χ0v) is 9.24. The fourth-order valence-corrected chi connectivity index (χ4v) is 1.68. The second-order valence-electron chi connectivity index (χ2n) is 3.64. The van der Waals surface area contributed by atoms with Crippen LogP contribution in [-0.2, 0) is 6.54 Å². The van der Waals surface area contributed by atoms with Gasteiger partial charge in [-0.05, 0) is 23.7 Å². The van der Waals surface area contributed by atoms with Gasteiger partial charge in [0, 0.05) is 16.5 Å². The predicted octanol–water partition coefficient (Wildman–Crippen LogP) is 2.88. The first-order valence-electron chi connectivity index (χ1n) is 5.23. The van der Waals surface area contributed by atoms with Gasteiger partial charge in [-0.1, -0.05) is 10.3 Å². The van der Waals surface area contributed by atoms with Gasteiger partial charge < -0.3 is 14.0 Å². The third-order valence-electron chi connectivity index (χ3n) is 2.52. The lowest BCUT2D eigenvalue weighted by molar-refractivity contribution is 0.174. The van der Waals surface area contributed by atoms with Gasteiger partial charge in [-0.2, -0.15) is 0 Å². The molecule has 7 heteroatoms. The highest BCUT2D eigenvalue weighted by Gasteiger charge is 2.15. The summed E-state index contributed by atoms with van der Waals surface area (Å²) in [6.07, 6.45) is 0. The Morgan fingerprint density at radius 1 is 1.28 bits per heavy atom. The fourth-order valence-electron chi connectivity index (χ4n) is 1.68. The van der Waals surface area contributed by atoms with E-state index in [0.29, 0.717) is 17.2 Å². The second-order valence-corrected chi connectivity index (χ2v) is 3.64. The zero-order chi connectivity index (χ0) is 12.4. The lowest BCUT2D eigenvalue weighted by atomic mass is 10.1. The Morgan fingerprint density at radius 2 is 2.17 bits per heavy atom. The van der Waals surface area contributed by atoms with Crippen molar-refractivity contribution in [2.24, 2.45) is 5.11 Å². The van der Waals surface area contributed by atoms with Crippen LogP contribution in [0.25, 0.3) is 21.7 Å². The first kappa shape index (κ1) is 10.5. The van der Waals surface area contributed by atoms with Crippen molar-refractivity contribution in [3.05, 3.63) is 40.5 Å². The molecule has 0 bridgehead atoms. The van der Waals surface area contributed by atoms with Crippen LogP contribution in [0.1, 0.15) is 5.76 Å². The van der Waals surface area contributed by atoms with Gasteiger partial charge >= 0.3 is 0 Å². The minimum atomic E-state index is 0.147. The maximum absolute atomic E-state index is 8.22. The third kappa shape index (κ3) is 1.83. The summed E-state index contributed by atoms with van der Waals surface area (Å²) in [6.45, 7) is 0.383. The number of rotatable bonds is 3. The van der Waals surface area contributed by atoms with E-state index in [4.69, 9.17) is 19.5 Å². The fraction of sp³-hybridized carbons (Fsp3) is 0.182. The van der Waals surface area contributed by atoms with Gasteiger partial charge in [0.15, 0.2) is 11.5 Å². The Balaban J connectivity index is 1.90. The first-order chi connectivity index (χ1) is 8.86.